The minimum absolute atomic E-state index is 0.0356. The van der Waals surface area contributed by atoms with Crippen molar-refractivity contribution in [3.63, 3.8) is 0 Å². The lowest BCUT2D eigenvalue weighted by Crippen LogP contribution is -2.34. The summed E-state index contributed by atoms with van der Waals surface area (Å²) in [5.74, 6) is 1.41. The van der Waals surface area contributed by atoms with Gasteiger partial charge in [0.1, 0.15) is 11.6 Å². The number of aromatic nitrogens is 4. The fraction of sp³-hybridized carbons (Fsp3) is 0.148. The largest absolute Gasteiger partial charge is 0.484 e. The van der Waals surface area contributed by atoms with Crippen molar-refractivity contribution in [3.8, 4) is 17.1 Å². The third-order valence-corrected chi connectivity index (χ3v) is 5.53. The van der Waals surface area contributed by atoms with Crippen molar-refractivity contribution in [1.82, 2.24) is 25.1 Å². The number of para-hydroxylation sites is 1. The molecule has 37 heavy (non-hydrogen) atoms. The highest BCUT2D eigenvalue weighted by Gasteiger charge is 2.13. The van der Waals surface area contributed by atoms with Gasteiger partial charge in [-0.15, -0.1) is 0 Å². The van der Waals surface area contributed by atoms with E-state index in [-0.39, 0.29) is 18.6 Å². The number of ether oxygens (including phenoxy) is 1. The maximum atomic E-state index is 12.0. The molecule has 10 heteroatoms. The van der Waals surface area contributed by atoms with Crippen molar-refractivity contribution in [3.05, 3.63) is 72.9 Å². The fourth-order valence-corrected chi connectivity index (χ4v) is 3.94. The van der Waals surface area contributed by atoms with E-state index in [1.807, 2.05) is 56.3 Å². The highest BCUT2D eigenvalue weighted by Crippen LogP contribution is 2.30. The molecule has 5 aromatic rings. The molecule has 0 atom stereocenters. The van der Waals surface area contributed by atoms with E-state index in [4.69, 9.17) is 14.7 Å². The molecule has 0 saturated carbocycles. The second-order valence-corrected chi connectivity index (χ2v) is 8.69. The van der Waals surface area contributed by atoms with Crippen LogP contribution in [0.1, 0.15) is 13.8 Å². The SMILES string of the molecule is CC(C)NC(=O)COc1cccc(-c2nc(Nc3ccc4c(cnn4C(=O)O)c3)c3ccccc3n2)c1. The Kier molecular flexibility index (Phi) is 6.38. The highest BCUT2D eigenvalue weighted by atomic mass is 16.5. The van der Waals surface area contributed by atoms with Crippen molar-refractivity contribution in [2.45, 2.75) is 19.9 Å². The number of nitrogens with one attached hydrogen (secondary N) is 2. The molecule has 0 aliphatic heterocycles. The summed E-state index contributed by atoms with van der Waals surface area (Å²) in [5, 5.41) is 20.8. The number of fused-ring (bicyclic) bond motifs is 2. The van der Waals surface area contributed by atoms with E-state index >= 15 is 0 Å². The molecule has 0 radical (unpaired) electrons. The molecule has 0 saturated heterocycles. The quantitative estimate of drug-likeness (QED) is 0.292. The Morgan fingerprint density at radius 2 is 1.86 bits per heavy atom. The number of amides is 1. The van der Waals surface area contributed by atoms with E-state index in [0.29, 0.717) is 28.3 Å². The van der Waals surface area contributed by atoms with Crippen LogP contribution in [-0.2, 0) is 4.79 Å². The summed E-state index contributed by atoms with van der Waals surface area (Å²) in [7, 11) is 0. The van der Waals surface area contributed by atoms with Gasteiger partial charge in [0, 0.05) is 28.1 Å². The minimum Gasteiger partial charge on any atom is -0.484 e. The summed E-state index contributed by atoms with van der Waals surface area (Å²) in [6.45, 7) is 3.69. The molecular weight excluding hydrogens is 472 g/mol. The van der Waals surface area contributed by atoms with Crippen molar-refractivity contribution in [2.24, 2.45) is 0 Å². The van der Waals surface area contributed by atoms with E-state index < -0.39 is 6.09 Å². The van der Waals surface area contributed by atoms with Crippen molar-refractivity contribution in [1.29, 1.82) is 0 Å². The Hall–Kier alpha value is -4.99. The fourth-order valence-electron chi connectivity index (χ4n) is 3.94. The zero-order valence-electron chi connectivity index (χ0n) is 20.2. The van der Waals surface area contributed by atoms with Gasteiger partial charge in [0.15, 0.2) is 12.4 Å². The van der Waals surface area contributed by atoms with Gasteiger partial charge < -0.3 is 20.5 Å². The molecule has 1 amide bonds. The molecule has 0 aliphatic carbocycles. The monoisotopic (exact) mass is 496 g/mol. The van der Waals surface area contributed by atoms with Crippen LogP contribution in [0.25, 0.3) is 33.2 Å². The van der Waals surface area contributed by atoms with Crippen LogP contribution < -0.4 is 15.4 Å². The van der Waals surface area contributed by atoms with Crippen LogP contribution in [0.4, 0.5) is 16.3 Å². The van der Waals surface area contributed by atoms with E-state index in [9.17, 15) is 14.7 Å². The number of nitrogens with zero attached hydrogens (tertiary/aromatic N) is 4. The molecule has 3 aromatic carbocycles. The van der Waals surface area contributed by atoms with E-state index in [2.05, 4.69) is 15.7 Å². The molecule has 0 fully saturated rings. The second kappa shape index (κ2) is 9.94. The van der Waals surface area contributed by atoms with Crippen LogP contribution in [0.5, 0.6) is 5.75 Å². The minimum atomic E-state index is -1.14. The molecule has 10 nitrogen and oxygen atoms in total. The van der Waals surface area contributed by atoms with Crippen LogP contribution in [-0.4, -0.2) is 49.5 Å². The Balaban J connectivity index is 1.47. The topological polar surface area (TPSA) is 131 Å². The van der Waals surface area contributed by atoms with Gasteiger partial charge in [-0.1, -0.05) is 24.3 Å². The first-order valence-corrected chi connectivity index (χ1v) is 11.6. The van der Waals surface area contributed by atoms with Gasteiger partial charge >= 0.3 is 6.09 Å². The first kappa shape index (κ1) is 23.7. The number of hydrogen-bond acceptors (Lipinski definition) is 7. The maximum Gasteiger partial charge on any atom is 0.432 e. The van der Waals surface area contributed by atoms with Crippen LogP contribution in [0, 0.1) is 0 Å². The Morgan fingerprint density at radius 3 is 2.68 bits per heavy atom. The summed E-state index contributed by atoms with van der Waals surface area (Å²) >= 11 is 0. The van der Waals surface area contributed by atoms with Crippen molar-refractivity contribution >= 4 is 45.3 Å². The van der Waals surface area contributed by atoms with E-state index in [1.54, 1.807) is 24.3 Å². The lowest BCUT2D eigenvalue weighted by molar-refractivity contribution is -0.123. The summed E-state index contributed by atoms with van der Waals surface area (Å²) < 4.78 is 6.60. The summed E-state index contributed by atoms with van der Waals surface area (Å²) in [4.78, 5) is 32.8. The summed E-state index contributed by atoms with van der Waals surface area (Å²) in [5.41, 5.74) is 2.69. The van der Waals surface area contributed by atoms with Crippen LogP contribution in [0.15, 0.2) is 72.9 Å². The highest BCUT2D eigenvalue weighted by molar-refractivity contribution is 5.94. The zero-order valence-corrected chi connectivity index (χ0v) is 20.2. The average molecular weight is 497 g/mol. The van der Waals surface area contributed by atoms with Gasteiger partial charge in [-0.2, -0.15) is 9.78 Å². The van der Waals surface area contributed by atoms with Crippen LogP contribution in [0.2, 0.25) is 0 Å². The first-order chi connectivity index (χ1) is 17.9. The predicted octanol–water partition coefficient (Wildman–Crippen LogP) is 4.82. The molecule has 0 spiro atoms. The van der Waals surface area contributed by atoms with Crippen LogP contribution >= 0.6 is 0 Å². The predicted molar refractivity (Wildman–Crippen MR) is 140 cm³/mol. The van der Waals surface area contributed by atoms with Crippen LogP contribution in [0.3, 0.4) is 0 Å². The third-order valence-electron chi connectivity index (χ3n) is 5.53. The Morgan fingerprint density at radius 1 is 1.03 bits per heavy atom. The van der Waals surface area contributed by atoms with E-state index in [0.717, 1.165) is 26.8 Å². The first-order valence-electron chi connectivity index (χ1n) is 11.6. The molecular formula is C27H24N6O4. The molecule has 0 aliphatic rings. The molecule has 2 heterocycles. The van der Waals surface area contributed by atoms with Crippen molar-refractivity contribution < 1.29 is 19.4 Å². The number of hydrogen-bond donors (Lipinski definition) is 3. The number of carboxylic acid groups (broad SMARTS) is 1. The number of carbonyl (C=O) groups excluding carboxylic acids is 1. The standard InChI is InChI=1S/C27H24N6O4/c1-16(2)29-24(34)15-37-20-7-5-6-17(13-20)25-31-22-9-4-3-8-21(22)26(32-25)30-19-10-11-23-18(12-19)14-28-33(23)27(35)36/h3-14,16H,15H2,1-2H3,(H,29,34)(H,35,36)(H,30,31,32). The molecule has 5 rings (SSSR count). The summed E-state index contributed by atoms with van der Waals surface area (Å²) in [6, 6.07) is 20.2. The number of rotatable bonds is 7. The van der Waals surface area contributed by atoms with Gasteiger partial charge in [0.05, 0.1) is 17.2 Å². The van der Waals surface area contributed by atoms with Gasteiger partial charge in [-0.05, 0) is 56.3 Å². The molecule has 3 N–H and O–H groups in total. The summed E-state index contributed by atoms with van der Waals surface area (Å²) in [6.07, 6.45) is 0.361. The third kappa shape index (κ3) is 5.18. The lowest BCUT2D eigenvalue weighted by Gasteiger charge is -2.13. The molecule has 2 aromatic heterocycles. The Bertz CT molecular complexity index is 1630. The van der Waals surface area contributed by atoms with Gasteiger partial charge in [0.25, 0.3) is 5.91 Å². The number of benzene rings is 3. The second-order valence-electron chi connectivity index (χ2n) is 8.69. The van der Waals surface area contributed by atoms with E-state index in [1.165, 1.54) is 6.20 Å². The number of carbonyl (C=O) groups is 2. The Labute approximate surface area is 211 Å². The molecule has 0 unspecified atom stereocenters. The number of anilines is 2. The maximum absolute atomic E-state index is 12.0. The normalized spacial score (nSPS) is 11.1. The van der Waals surface area contributed by atoms with Crippen molar-refractivity contribution in [2.75, 3.05) is 11.9 Å². The molecule has 186 valence electrons. The van der Waals surface area contributed by atoms with Gasteiger partial charge in [-0.25, -0.2) is 14.8 Å². The smallest absolute Gasteiger partial charge is 0.432 e. The average Bonchev–Trinajstić information content (AvgIpc) is 3.31. The van der Waals surface area contributed by atoms with Gasteiger partial charge in [-0.3, -0.25) is 4.79 Å². The molecule has 0 bridgehead atoms. The lowest BCUT2D eigenvalue weighted by atomic mass is 10.1. The van der Waals surface area contributed by atoms with Gasteiger partial charge in [0.2, 0.25) is 0 Å². The zero-order chi connectivity index (χ0) is 25.9.